The number of methoxy groups -OCH3 is 1. The van der Waals surface area contributed by atoms with Gasteiger partial charge >= 0.3 is 0 Å². The van der Waals surface area contributed by atoms with Crippen molar-refractivity contribution in [1.82, 2.24) is 0 Å². The molecule has 0 aliphatic heterocycles. The van der Waals surface area contributed by atoms with E-state index in [2.05, 4.69) is 0 Å². The molecule has 0 rings (SSSR count). The molecule has 0 aromatic carbocycles. The normalized spacial score (nSPS) is 17.1. The smallest absolute Gasteiger partial charge is 0.146 e. The lowest BCUT2D eigenvalue weighted by atomic mass is 10.1. The molecule has 0 aromatic heterocycles. The number of allylic oxidation sites excluding steroid dienone is 2. The van der Waals surface area contributed by atoms with Crippen molar-refractivity contribution >= 4 is 0 Å². The monoisotopic (exact) mass is 261 g/mol. The third-order valence-corrected chi connectivity index (χ3v) is 2.81. The summed E-state index contributed by atoms with van der Waals surface area (Å²) in [6.45, 7) is -1.44. The maximum Gasteiger partial charge on any atom is 0.146 e. The van der Waals surface area contributed by atoms with E-state index in [1.807, 2.05) is 0 Å². The van der Waals surface area contributed by atoms with Crippen LogP contribution >= 0.6 is 0 Å². The van der Waals surface area contributed by atoms with Crippen LogP contribution in [-0.4, -0.2) is 20.5 Å². The van der Waals surface area contributed by atoms with Crippen LogP contribution in [0.3, 0.4) is 0 Å². The van der Waals surface area contributed by atoms with Crippen LogP contribution in [0.25, 0.3) is 0 Å². The van der Waals surface area contributed by atoms with Gasteiger partial charge in [0.25, 0.3) is 0 Å². The van der Waals surface area contributed by atoms with Gasteiger partial charge in [0.15, 0.2) is 0 Å². The van der Waals surface area contributed by atoms with Crippen molar-refractivity contribution in [3.63, 3.8) is 0 Å². The fourth-order valence-corrected chi connectivity index (χ4v) is 1.81. The summed E-state index contributed by atoms with van der Waals surface area (Å²) >= 11 is 0. The zero-order chi connectivity index (χ0) is 17.6. The molecule has 18 heavy (non-hydrogen) atoms. The number of hydrogen-bond acceptors (Lipinski definition) is 2. The van der Waals surface area contributed by atoms with Crippen LogP contribution in [-0.2, 0) is 9.47 Å². The second-order valence-electron chi connectivity index (χ2n) is 4.48. The Morgan fingerprint density at radius 3 is 2.28 bits per heavy atom. The molecule has 0 N–H and O–H groups in total. The molecule has 0 spiro atoms. The summed E-state index contributed by atoms with van der Waals surface area (Å²) < 4.78 is 46.2. The van der Waals surface area contributed by atoms with Crippen LogP contribution in [0.1, 0.15) is 77.9 Å². The average Bonchev–Trinajstić information content (AvgIpc) is 2.46. The SMILES string of the molecule is [2H]C([2H])([2H])C([2H])([2H])/C=C/CCCCCCCCCCOCOC. The Morgan fingerprint density at radius 2 is 1.61 bits per heavy atom. The molecule has 0 radical (unpaired) electrons. The highest BCUT2D eigenvalue weighted by Gasteiger charge is 1.92. The van der Waals surface area contributed by atoms with E-state index in [9.17, 15) is 0 Å². The van der Waals surface area contributed by atoms with Gasteiger partial charge < -0.3 is 9.47 Å². The number of unbranched alkanes of at least 4 members (excludes halogenated alkanes) is 8. The van der Waals surface area contributed by atoms with Gasteiger partial charge in [-0.25, -0.2) is 0 Å². The Bertz CT molecular complexity index is 303. The van der Waals surface area contributed by atoms with Gasteiger partial charge in [0.2, 0.25) is 0 Å². The van der Waals surface area contributed by atoms with Gasteiger partial charge in [0.05, 0.1) is 0 Å². The van der Waals surface area contributed by atoms with Crippen molar-refractivity contribution in [2.75, 3.05) is 20.5 Å². The standard InChI is InChI=1S/C16H32O2/c1-3-4-5-6-7-8-9-10-11-12-13-14-15-18-16-17-2/h4-5H,3,6-16H2,1-2H3/b5-4+/i1D3,3D2. The maximum atomic E-state index is 7.44. The van der Waals surface area contributed by atoms with E-state index in [1.165, 1.54) is 38.2 Å². The molecule has 0 atom stereocenters. The van der Waals surface area contributed by atoms with E-state index in [4.69, 9.17) is 16.3 Å². The van der Waals surface area contributed by atoms with E-state index in [-0.39, 0.29) is 0 Å². The second kappa shape index (κ2) is 16.7. The Morgan fingerprint density at radius 1 is 0.944 bits per heavy atom. The van der Waals surface area contributed by atoms with Gasteiger partial charge in [-0.05, 0) is 25.6 Å². The molecule has 108 valence electrons. The number of rotatable bonds is 14. The molecular weight excluding hydrogens is 224 g/mol. The summed E-state index contributed by atoms with van der Waals surface area (Å²) in [5.74, 6) is 0. The van der Waals surface area contributed by atoms with E-state index in [0.717, 1.165) is 32.3 Å². The summed E-state index contributed by atoms with van der Waals surface area (Å²) in [7, 11) is 1.62. The lowest BCUT2D eigenvalue weighted by Gasteiger charge is -2.03. The van der Waals surface area contributed by atoms with Crippen LogP contribution < -0.4 is 0 Å². The molecular formula is C16H32O2. The van der Waals surface area contributed by atoms with Crippen LogP contribution in [0.15, 0.2) is 12.2 Å². The fourth-order valence-electron chi connectivity index (χ4n) is 1.81. The molecule has 0 aliphatic carbocycles. The number of hydrogen-bond donors (Lipinski definition) is 0. The first-order chi connectivity index (χ1) is 10.8. The molecule has 2 nitrogen and oxygen atoms in total. The highest BCUT2D eigenvalue weighted by atomic mass is 16.7. The van der Waals surface area contributed by atoms with E-state index < -0.39 is 13.2 Å². The Kier molecular flexibility index (Phi) is 9.67. The molecule has 0 saturated carbocycles. The highest BCUT2D eigenvalue weighted by Crippen LogP contribution is 2.10. The molecule has 0 aliphatic rings. The van der Waals surface area contributed by atoms with Crippen molar-refractivity contribution in [2.45, 2.75) is 71.0 Å². The largest absolute Gasteiger partial charge is 0.359 e. The van der Waals surface area contributed by atoms with Crippen LogP contribution in [0.5, 0.6) is 0 Å². The average molecular weight is 261 g/mol. The minimum absolute atomic E-state index is 0.377. The zero-order valence-corrected chi connectivity index (χ0v) is 11.7. The summed E-state index contributed by atoms with van der Waals surface area (Å²) in [5, 5.41) is 0. The minimum atomic E-state index is -2.59. The summed E-state index contributed by atoms with van der Waals surface area (Å²) in [4.78, 5) is 0. The van der Waals surface area contributed by atoms with Gasteiger partial charge in [-0.3, -0.25) is 0 Å². The van der Waals surface area contributed by atoms with E-state index in [1.54, 1.807) is 13.2 Å². The third kappa shape index (κ3) is 15.7. The molecule has 0 fully saturated rings. The molecule has 2 heteroatoms. The zero-order valence-electron chi connectivity index (χ0n) is 16.7. The van der Waals surface area contributed by atoms with Crippen molar-refractivity contribution in [3.05, 3.63) is 12.2 Å². The van der Waals surface area contributed by atoms with Crippen molar-refractivity contribution in [3.8, 4) is 0 Å². The Balaban J connectivity index is 3.37. The number of ether oxygens (including phenoxy) is 2. The van der Waals surface area contributed by atoms with Crippen LogP contribution in [0, 0.1) is 0 Å². The molecule has 0 amide bonds. The van der Waals surface area contributed by atoms with E-state index >= 15 is 0 Å². The van der Waals surface area contributed by atoms with Crippen molar-refractivity contribution in [2.24, 2.45) is 0 Å². The van der Waals surface area contributed by atoms with Gasteiger partial charge in [-0.2, -0.15) is 0 Å². The quantitative estimate of drug-likeness (QED) is 0.246. The first-order valence-electron chi connectivity index (χ1n) is 9.55. The van der Waals surface area contributed by atoms with Gasteiger partial charge in [0, 0.05) is 20.6 Å². The molecule has 0 heterocycles. The Labute approximate surface area is 121 Å². The Hall–Kier alpha value is -0.340. The second-order valence-corrected chi connectivity index (χ2v) is 4.48. The lowest BCUT2D eigenvalue weighted by Crippen LogP contribution is -1.98. The van der Waals surface area contributed by atoms with Gasteiger partial charge in [0.1, 0.15) is 6.79 Å². The van der Waals surface area contributed by atoms with E-state index in [0.29, 0.717) is 6.79 Å². The first-order valence-corrected chi connectivity index (χ1v) is 7.05. The molecule has 0 saturated heterocycles. The first kappa shape index (κ1) is 10.4. The molecule has 0 aromatic rings. The predicted octanol–water partition coefficient (Wildman–Crippen LogP) is 5.08. The summed E-state index contributed by atoms with van der Waals surface area (Å²) in [6, 6.07) is 0. The summed E-state index contributed by atoms with van der Waals surface area (Å²) in [6.07, 6.45) is 10.6. The van der Waals surface area contributed by atoms with Crippen LogP contribution in [0.2, 0.25) is 0 Å². The predicted molar refractivity (Wildman–Crippen MR) is 78.8 cm³/mol. The lowest BCUT2D eigenvalue weighted by molar-refractivity contribution is -0.0315. The minimum Gasteiger partial charge on any atom is -0.359 e. The fraction of sp³-hybridized carbons (Fsp3) is 0.875. The highest BCUT2D eigenvalue weighted by molar-refractivity contribution is 4.79. The van der Waals surface area contributed by atoms with Crippen molar-refractivity contribution < 1.29 is 16.3 Å². The van der Waals surface area contributed by atoms with Crippen molar-refractivity contribution in [1.29, 1.82) is 0 Å². The molecule has 0 unspecified atom stereocenters. The topological polar surface area (TPSA) is 18.5 Å². The third-order valence-electron chi connectivity index (χ3n) is 2.81. The molecule has 0 bridgehead atoms. The van der Waals surface area contributed by atoms with Gasteiger partial charge in [-0.1, -0.05) is 57.5 Å². The summed E-state index contributed by atoms with van der Waals surface area (Å²) in [5.41, 5.74) is 0. The van der Waals surface area contributed by atoms with Gasteiger partial charge in [-0.15, -0.1) is 0 Å². The van der Waals surface area contributed by atoms with Crippen LogP contribution in [0.4, 0.5) is 0 Å². The maximum absolute atomic E-state index is 7.44.